The van der Waals surface area contributed by atoms with Crippen molar-refractivity contribution in [2.45, 2.75) is 12.6 Å². The first-order valence-electron chi connectivity index (χ1n) is 2.30. The van der Waals surface area contributed by atoms with Crippen molar-refractivity contribution < 1.29 is 0 Å². The lowest BCUT2D eigenvalue weighted by atomic mass is 10.6. The summed E-state index contributed by atoms with van der Waals surface area (Å²) in [6, 6.07) is 0. The van der Waals surface area contributed by atoms with Crippen LogP contribution in [0.5, 0.6) is 0 Å². The summed E-state index contributed by atoms with van der Waals surface area (Å²) in [5, 5.41) is 0. The van der Waals surface area contributed by atoms with Crippen molar-refractivity contribution in [1.82, 2.24) is 0 Å². The van der Waals surface area contributed by atoms with Crippen LogP contribution < -0.4 is 0 Å². The van der Waals surface area contributed by atoms with Crippen LogP contribution in [0.2, 0.25) is 0 Å². The second-order valence-electron chi connectivity index (χ2n) is 1.51. The zero-order chi connectivity index (χ0) is 5.70. The van der Waals surface area contributed by atoms with Crippen molar-refractivity contribution in [2.24, 2.45) is 0 Å². The second kappa shape index (κ2) is 5.35. The predicted molar refractivity (Wildman–Crippen MR) is 46.2 cm³/mol. The Hall–Kier alpha value is 1.21. The van der Waals surface area contributed by atoms with Crippen LogP contribution in [0.25, 0.3) is 0 Å². The maximum Gasteiger partial charge on any atom is 0.00790 e. The van der Waals surface area contributed by atoms with Gasteiger partial charge in [0.1, 0.15) is 0 Å². The monoisotopic (exact) mass is 154 g/mol. The zero-order valence-electron chi connectivity index (χ0n) is 4.55. The molecule has 3 heteroatoms. The Balaban J connectivity index is 2.68. The lowest BCUT2D eigenvalue weighted by Crippen LogP contribution is -1.91. The molecule has 0 saturated heterocycles. The molecule has 0 aromatic carbocycles. The first-order valence-corrected chi connectivity index (χ1v) is 4.94. The van der Waals surface area contributed by atoms with Crippen LogP contribution >= 0.6 is 30.2 Å². The van der Waals surface area contributed by atoms with Gasteiger partial charge < -0.3 is 0 Å². The van der Waals surface area contributed by atoms with Gasteiger partial charge in [0.15, 0.2) is 0 Å². The van der Waals surface area contributed by atoms with E-state index in [0.29, 0.717) is 0 Å². The van der Waals surface area contributed by atoms with Gasteiger partial charge in [-0.15, -0.1) is 18.5 Å². The van der Waals surface area contributed by atoms with Gasteiger partial charge >= 0.3 is 0 Å². The van der Waals surface area contributed by atoms with Gasteiger partial charge in [0, 0.05) is 5.49 Å². The van der Waals surface area contributed by atoms with Gasteiger partial charge in [-0.2, -0.15) is 11.8 Å². The first kappa shape index (κ1) is 8.21. The molecular formula is C4H12P2S. The van der Waals surface area contributed by atoms with E-state index in [1.807, 2.05) is 11.8 Å². The molecule has 0 aromatic rings. The van der Waals surface area contributed by atoms with Gasteiger partial charge in [-0.1, -0.05) is 6.92 Å². The molecule has 0 nitrogen and oxygen atoms in total. The smallest absolute Gasteiger partial charge is 0.00790 e. The molecule has 0 saturated carbocycles. The van der Waals surface area contributed by atoms with Crippen LogP contribution in [-0.2, 0) is 0 Å². The van der Waals surface area contributed by atoms with Crippen molar-refractivity contribution in [2.75, 3.05) is 11.2 Å². The summed E-state index contributed by atoms with van der Waals surface area (Å²) in [5.74, 6) is 1.26. The highest BCUT2D eigenvalue weighted by molar-refractivity contribution is 8.02. The van der Waals surface area contributed by atoms with E-state index in [1.165, 1.54) is 11.2 Å². The molecular weight excluding hydrogens is 142 g/mol. The molecule has 0 heterocycles. The number of rotatable bonds is 3. The van der Waals surface area contributed by atoms with E-state index in [2.05, 4.69) is 25.4 Å². The molecule has 0 aliphatic heterocycles. The third-order valence-electron chi connectivity index (χ3n) is 0.499. The van der Waals surface area contributed by atoms with Crippen LogP contribution in [0.3, 0.4) is 0 Å². The Labute approximate surface area is 54.6 Å². The van der Waals surface area contributed by atoms with Crippen molar-refractivity contribution in [1.29, 1.82) is 0 Å². The van der Waals surface area contributed by atoms with E-state index >= 15 is 0 Å². The van der Waals surface area contributed by atoms with E-state index < -0.39 is 0 Å². The summed E-state index contributed by atoms with van der Waals surface area (Å²) >= 11 is 1.96. The molecule has 3 atom stereocenters. The number of hydrogen-bond acceptors (Lipinski definition) is 1. The average molecular weight is 154 g/mol. The van der Waals surface area contributed by atoms with Gasteiger partial charge in [0.05, 0.1) is 0 Å². The maximum absolute atomic E-state index is 2.78. The summed E-state index contributed by atoms with van der Waals surface area (Å²) in [6.07, 6.45) is 0. The normalized spacial score (nSPS) is 14.1. The Bertz CT molecular complexity index is 38.7. The SMILES string of the molecule is CC(P)CSCP. The highest BCUT2D eigenvalue weighted by Gasteiger charge is 1.89. The summed E-state index contributed by atoms with van der Waals surface area (Å²) in [6.45, 7) is 2.21. The molecule has 0 spiro atoms. The maximum atomic E-state index is 2.78. The fourth-order valence-electron chi connectivity index (χ4n) is 0.254. The van der Waals surface area contributed by atoms with E-state index in [4.69, 9.17) is 0 Å². The van der Waals surface area contributed by atoms with Gasteiger partial charge in [-0.25, -0.2) is 0 Å². The van der Waals surface area contributed by atoms with Crippen molar-refractivity contribution in [3.05, 3.63) is 0 Å². The topological polar surface area (TPSA) is 0 Å². The quantitative estimate of drug-likeness (QED) is 0.559. The number of thioether (sulfide) groups is 1. The molecule has 0 aromatic heterocycles. The minimum atomic E-state index is 0.769. The van der Waals surface area contributed by atoms with Crippen molar-refractivity contribution in [3.8, 4) is 0 Å². The molecule has 44 valence electrons. The van der Waals surface area contributed by atoms with Crippen LogP contribution in [0.4, 0.5) is 0 Å². The van der Waals surface area contributed by atoms with Gasteiger partial charge in [0.25, 0.3) is 0 Å². The summed E-state index contributed by atoms with van der Waals surface area (Å²) in [7, 11) is 5.48. The van der Waals surface area contributed by atoms with Gasteiger partial charge in [-0.3, -0.25) is 0 Å². The predicted octanol–water partition coefficient (Wildman–Crippen LogP) is 1.82. The fraction of sp³-hybridized carbons (Fsp3) is 1.00. The molecule has 0 bridgehead atoms. The Kier molecular flexibility index (Phi) is 6.27. The first-order chi connectivity index (χ1) is 3.27. The highest BCUT2D eigenvalue weighted by atomic mass is 32.2. The lowest BCUT2D eigenvalue weighted by Gasteiger charge is -1.98. The fourth-order valence-corrected chi connectivity index (χ4v) is 1.58. The summed E-state index contributed by atoms with van der Waals surface area (Å²) in [4.78, 5) is 0. The molecule has 3 unspecified atom stereocenters. The zero-order valence-corrected chi connectivity index (χ0v) is 7.68. The standard InChI is InChI=1S/C4H12P2S/c1-4(6)2-7-3-5/h4H,2-3,5-6H2,1H3. The molecule has 7 heavy (non-hydrogen) atoms. The lowest BCUT2D eigenvalue weighted by molar-refractivity contribution is 1.14. The highest BCUT2D eigenvalue weighted by Crippen LogP contribution is 2.10. The van der Waals surface area contributed by atoms with E-state index in [-0.39, 0.29) is 0 Å². The second-order valence-corrected chi connectivity index (χ2v) is 4.73. The molecule has 0 fully saturated rings. The number of hydrogen-bond donors (Lipinski definition) is 0. The Morgan fingerprint density at radius 1 is 1.71 bits per heavy atom. The molecule has 0 radical (unpaired) electrons. The molecule has 0 N–H and O–H groups in total. The van der Waals surface area contributed by atoms with Crippen LogP contribution in [-0.4, -0.2) is 16.9 Å². The Morgan fingerprint density at radius 3 is 2.43 bits per heavy atom. The van der Waals surface area contributed by atoms with Crippen molar-refractivity contribution >= 4 is 30.2 Å². The third-order valence-corrected chi connectivity index (χ3v) is 2.78. The van der Waals surface area contributed by atoms with Crippen LogP contribution in [0, 0.1) is 0 Å². The largest absolute Gasteiger partial charge is 0.157 e. The summed E-state index contributed by atoms with van der Waals surface area (Å²) in [5.41, 5.74) is 1.93. The minimum Gasteiger partial charge on any atom is -0.157 e. The van der Waals surface area contributed by atoms with E-state index in [1.54, 1.807) is 0 Å². The van der Waals surface area contributed by atoms with E-state index in [9.17, 15) is 0 Å². The van der Waals surface area contributed by atoms with Crippen LogP contribution in [0.1, 0.15) is 6.92 Å². The van der Waals surface area contributed by atoms with Gasteiger partial charge in [-0.05, 0) is 11.4 Å². The minimum absolute atomic E-state index is 0.769. The third kappa shape index (κ3) is 7.21. The molecule has 0 aliphatic carbocycles. The van der Waals surface area contributed by atoms with Crippen LogP contribution in [0.15, 0.2) is 0 Å². The Morgan fingerprint density at radius 2 is 2.29 bits per heavy atom. The van der Waals surface area contributed by atoms with Crippen molar-refractivity contribution in [3.63, 3.8) is 0 Å². The molecule has 0 rings (SSSR count). The summed E-state index contributed by atoms with van der Waals surface area (Å²) < 4.78 is 0. The molecule has 0 amide bonds. The average Bonchev–Trinajstić information content (AvgIpc) is 1.61. The molecule has 0 aliphatic rings. The van der Waals surface area contributed by atoms with Gasteiger partial charge in [0.2, 0.25) is 0 Å². The van der Waals surface area contributed by atoms with E-state index in [0.717, 1.165) is 5.66 Å².